The van der Waals surface area contributed by atoms with Gasteiger partial charge in [0.25, 0.3) is 0 Å². The van der Waals surface area contributed by atoms with Crippen LogP contribution in [0.4, 0.5) is 0 Å². The van der Waals surface area contributed by atoms with Crippen molar-refractivity contribution in [2.24, 2.45) is 0 Å². The summed E-state index contributed by atoms with van der Waals surface area (Å²) in [5.41, 5.74) is 1.42. The lowest BCUT2D eigenvalue weighted by Gasteiger charge is -2.06. The van der Waals surface area contributed by atoms with E-state index in [0.29, 0.717) is 11.4 Å². The fraction of sp³-hybridized carbons (Fsp3) is 0.250. The van der Waals surface area contributed by atoms with Crippen LogP contribution in [0.5, 0.6) is 0 Å². The first kappa shape index (κ1) is 13.7. The van der Waals surface area contributed by atoms with Gasteiger partial charge in [-0.05, 0) is 11.1 Å². The van der Waals surface area contributed by atoms with Crippen LogP contribution in [0.1, 0.15) is 17.0 Å². The molecule has 0 aliphatic rings. The SMILES string of the molecule is O=S(=O)(Cc1ccc(CO)cc1)NCc1ncc[nH]1. The van der Waals surface area contributed by atoms with E-state index >= 15 is 0 Å². The van der Waals surface area contributed by atoms with E-state index in [4.69, 9.17) is 5.11 Å². The van der Waals surface area contributed by atoms with Crippen LogP contribution >= 0.6 is 0 Å². The fourth-order valence-electron chi connectivity index (χ4n) is 1.58. The monoisotopic (exact) mass is 281 g/mol. The van der Waals surface area contributed by atoms with E-state index in [-0.39, 0.29) is 18.9 Å². The molecule has 7 heteroatoms. The Bertz CT molecular complexity index is 606. The third kappa shape index (κ3) is 4.16. The molecule has 3 N–H and O–H groups in total. The molecule has 102 valence electrons. The van der Waals surface area contributed by atoms with E-state index in [1.54, 1.807) is 36.7 Å². The van der Waals surface area contributed by atoms with Crippen molar-refractivity contribution < 1.29 is 13.5 Å². The first-order valence-electron chi connectivity index (χ1n) is 5.73. The van der Waals surface area contributed by atoms with Crippen molar-refractivity contribution >= 4 is 10.0 Å². The molecule has 0 aliphatic heterocycles. The highest BCUT2D eigenvalue weighted by Crippen LogP contribution is 2.08. The standard InChI is InChI=1S/C12H15N3O3S/c16-8-10-1-3-11(4-2-10)9-19(17,18)15-7-12-13-5-6-14-12/h1-6,15-16H,7-9H2,(H,13,14). The van der Waals surface area contributed by atoms with Gasteiger partial charge in [-0.2, -0.15) is 0 Å². The Hall–Kier alpha value is -1.70. The summed E-state index contributed by atoms with van der Waals surface area (Å²) in [6.07, 6.45) is 3.20. The molecule has 0 aliphatic carbocycles. The van der Waals surface area contributed by atoms with E-state index in [1.165, 1.54) is 0 Å². The molecule has 6 nitrogen and oxygen atoms in total. The van der Waals surface area contributed by atoms with E-state index in [0.717, 1.165) is 5.56 Å². The molecule has 0 amide bonds. The average Bonchev–Trinajstić information content (AvgIpc) is 2.90. The molecule has 0 fully saturated rings. The third-order valence-corrected chi connectivity index (χ3v) is 3.87. The Balaban J connectivity index is 1.96. The molecular weight excluding hydrogens is 266 g/mol. The highest BCUT2D eigenvalue weighted by molar-refractivity contribution is 7.88. The second kappa shape index (κ2) is 5.96. The number of H-pyrrole nitrogens is 1. The van der Waals surface area contributed by atoms with E-state index in [9.17, 15) is 8.42 Å². The van der Waals surface area contributed by atoms with Crippen molar-refractivity contribution in [2.75, 3.05) is 0 Å². The number of hydrogen-bond acceptors (Lipinski definition) is 4. The second-order valence-corrected chi connectivity index (χ2v) is 5.90. The molecule has 0 radical (unpaired) electrons. The van der Waals surface area contributed by atoms with Gasteiger partial charge in [-0.25, -0.2) is 18.1 Å². The number of rotatable bonds is 6. The van der Waals surface area contributed by atoms with Gasteiger partial charge in [-0.15, -0.1) is 0 Å². The highest BCUT2D eigenvalue weighted by Gasteiger charge is 2.11. The van der Waals surface area contributed by atoms with Crippen LogP contribution in [0.25, 0.3) is 0 Å². The highest BCUT2D eigenvalue weighted by atomic mass is 32.2. The normalized spacial score (nSPS) is 11.6. The second-order valence-electron chi connectivity index (χ2n) is 4.09. The van der Waals surface area contributed by atoms with Gasteiger partial charge in [-0.3, -0.25) is 0 Å². The summed E-state index contributed by atoms with van der Waals surface area (Å²) in [5.74, 6) is 0.471. The van der Waals surface area contributed by atoms with Crippen LogP contribution in [-0.2, 0) is 28.9 Å². The lowest BCUT2D eigenvalue weighted by molar-refractivity contribution is 0.282. The predicted octanol–water partition coefficient (Wildman–Crippen LogP) is 0.522. The van der Waals surface area contributed by atoms with Gasteiger partial charge >= 0.3 is 0 Å². The summed E-state index contributed by atoms with van der Waals surface area (Å²) in [6.45, 7) is 0.0911. The Labute approximate surface area is 111 Å². The number of nitrogens with one attached hydrogen (secondary N) is 2. The van der Waals surface area contributed by atoms with Crippen molar-refractivity contribution in [3.63, 3.8) is 0 Å². The predicted molar refractivity (Wildman–Crippen MR) is 70.4 cm³/mol. The Morgan fingerprint density at radius 3 is 2.47 bits per heavy atom. The summed E-state index contributed by atoms with van der Waals surface area (Å²) in [6, 6.07) is 6.80. The zero-order valence-electron chi connectivity index (χ0n) is 10.2. The fourth-order valence-corrected chi connectivity index (χ4v) is 2.67. The molecule has 0 unspecified atom stereocenters. The maximum Gasteiger partial charge on any atom is 0.216 e. The maximum atomic E-state index is 11.8. The van der Waals surface area contributed by atoms with Crippen molar-refractivity contribution in [3.8, 4) is 0 Å². The van der Waals surface area contributed by atoms with Crippen LogP contribution in [0, 0.1) is 0 Å². The van der Waals surface area contributed by atoms with Gasteiger partial charge < -0.3 is 10.1 Å². The smallest absolute Gasteiger partial charge is 0.216 e. The van der Waals surface area contributed by atoms with Crippen LogP contribution in [0.2, 0.25) is 0 Å². The summed E-state index contributed by atoms with van der Waals surface area (Å²) in [5, 5.41) is 8.91. The summed E-state index contributed by atoms with van der Waals surface area (Å²) < 4.78 is 26.2. The lowest BCUT2D eigenvalue weighted by atomic mass is 10.2. The van der Waals surface area contributed by atoms with Gasteiger partial charge in [0.05, 0.1) is 18.9 Å². The third-order valence-electron chi connectivity index (χ3n) is 2.58. The van der Waals surface area contributed by atoms with Gasteiger partial charge in [0.15, 0.2) is 0 Å². The van der Waals surface area contributed by atoms with Crippen LogP contribution < -0.4 is 4.72 Å². The molecule has 1 aromatic carbocycles. The quantitative estimate of drug-likeness (QED) is 0.719. The van der Waals surface area contributed by atoms with Crippen molar-refractivity contribution in [1.82, 2.24) is 14.7 Å². The Kier molecular flexibility index (Phi) is 4.31. The van der Waals surface area contributed by atoms with Crippen LogP contribution in [0.15, 0.2) is 36.7 Å². The number of aliphatic hydroxyl groups is 1. The molecule has 1 heterocycles. The zero-order valence-corrected chi connectivity index (χ0v) is 11.0. The van der Waals surface area contributed by atoms with Crippen molar-refractivity contribution in [1.29, 1.82) is 0 Å². The van der Waals surface area contributed by atoms with Crippen molar-refractivity contribution in [2.45, 2.75) is 18.9 Å². The minimum absolute atomic E-state index is 0.0518. The molecule has 0 bridgehead atoms. The number of hydrogen-bond donors (Lipinski definition) is 3. The number of imidazole rings is 1. The molecule has 2 aromatic rings. The average molecular weight is 281 g/mol. The number of aromatic nitrogens is 2. The first-order chi connectivity index (χ1) is 9.09. The minimum atomic E-state index is -3.40. The number of aliphatic hydroxyl groups excluding tert-OH is 1. The lowest BCUT2D eigenvalue weighted by Crippen LogP contribution is -2.25. The Morgan fingerprint density at radius 1 is 1.21 bits per heavy atom. The molecule has 1 aromatic heterocycles. The molecule has 2 rings (SSSR count). The molecular formula is C12H15N3O3S. The summed E-state index contributed by atoms with van der Waals surface area (Å²) >= 11 is 0. The van der Waals surface area contributed by atoms with E-state index < -0.39 is 10.0 Å². The van der Waals surface area contributed by atoms with Crippen molar-refractivity contribution in [3.05, 3.63) is 53.6 Å². The topological polar surface area (TPSA) is 95.1 Å². The summed E-state index contributed by atoms with van der Waals surface area (Å²) in [4.78, 5) is 6.76. The van der Waals surface area contributed by atoms with Gasteiger partial charge in [0.2, 0.25) is 10.0 Å². The van der Waals surface area contributed by atoms with Crippen LogP contribution in [0.3, 0.4) is 0 Å². The largest absolute Gasteiger partial charge is 0.392 e. The van der Waals surface area contributed by atoms with E-state index in [2.05, 4.69) is 14.7 Å². The number of aromatic amines is 1. The van der Waals surface area contributed by atoms with Gasteiger partial charge in [-0.1, -0.05) is 24.3 Å². The Morgan fingerprint density at radius 2 is 1.89 bits per heavy atom. The van der Waals surface area contributed by atoms with E-state index in [1.807, 2.05) is 0 Å². The summed E-state index contributed by atoms with van der Waals surface area (Å²) in [7, 11) is -3.40. The number of sulfonamides is 1. The number of benzene rings is 1. The molecule has 0 atom stereocenters. The molecule has 0 saturated carbocycles. The van der Waals surface area contributed by atoms with Crippen LogP contribution in [-0.4, -0.2) is 23.5 Å². The maximum absolute atomic E-state index is 11.8. The zero-order chi connectivity index (χ0) is 13.7. The number of nitrogens with zero attached hydrogens (tertiary/aromatic N) is 1. The minimum Gasteiger partial charge on any atom is -0.392 e. The van der Waals surface area contributed by atoms with Gasteiger partial charge in [0.1, 0.15) is 5.82 Å². The van der Waals surface area contributed by atoms with Gasteiger partial charge in [0, 0.05) is 12.4 Å². The first-order valence-corrected chi connectivity index (χ1v) is 7.38. The molecule has 19 heavy (non-hydrogen) atoms. The molecule has 0 saturated heterocycles. The molecule has 0 spiro atoms.